The molecule has 0 spiro atoms. The second-order valence-corrected chi connectivity index (χ2v) is 7.18. The van der Waals surface area contributed by atoms with E-state index in [1.165, 1.54) is 12.1 Å². The summed E-state index contributed by atoms with van der Waals surface area (Å²) in [6, 6.07) is 19.1. The minimum Gasteiger partial charge on any atom is -0.493 e. The second kappa shape index (κ2) is 8.90. The predicted octanol–water partition coefficient (Wildman–Crippen LogP) is 6.01. The van der Waals surface area contributed by atoms with Gasteiger partial charge in [0.2, 0.25) is 0 Å². The van der Waals surface area contributed by atoms with Gasteiger partial charge in [-0.3, -0.25) is 0 Å². The summed E-state index contributed by atoms with van der Waals surface area (Å²) < 4.78 is 24.7. The number of nitrogens with zero attached hydrogens (tertiary/aromatic N) is 2. The zero-order valence-corrected chi connectivity index (χ0v) is 17.3. The monoisotopic (exact) mass is 433 g/mol. The first-order chi connectivity index (χ1) is 15.1. The average Bonchev–Trinajstić information content (AvgIpc) is 3.20. The molecule has 154 valence electrons. The maximum atomic E-state index is 13.4. The van der Waals surface area contributed by atoms with Gasteiger partial charge in [0.25, 0.3) is 0 Å². The van der Waals surface area contributed by atoms with Crippen LogP contribution in [0.1, 0.15) is 17.0 Å². The number of allylic oxidation sites excluding steroid dienone is 1. The van der Waals surface area contributed by atoms with Crippen molar-refractivity contribution in [1.82, 2.24) is 9.97 Å². The van der Waals surface area contributed by atoms with Gasteiger partial charge in [-0.15, -0.1) is 0 Å². The summed E-state index contributed by atoms with van der Waals surface area (Å²) in [4.78, 5) is 7.35. The molecule has 0 aliphatic rings. The number of ether oxygens (including phenoxy) is 2. The zero-order valence-electron chi connectivity index (χ0n) is 16.5. The molecule has 5 nitrogen and oxygen atoms in total. The number of nitrogens with one attached hydrogen (secondary N) is 1. The Morgan fingerprint density at radius 1 is 1.13 bits per heavy atom. The fourth-order valence-electron chi connectivity index (χ4n) is 3.06. The number of imidazole rings is 1. The molecule has 0 unspecified atom stereocenters. The normalized spacial score (nSPS) is 11.4. The number of aromatic amines is 1. The third-order valence-corrected chi connectivity index (χ3v) is 4.88. The zero-order chi connectivity index (χ0) is 21.8. The van der Waals surface area contributed by atoms with Crippen molar-refractivity contribution in [2.75, 3.05) is 7.11 Å². The largest absolute Gasteiger partial charge is 0.493 e. The Labute approximate surface area is 183 Å². The molecule has 0 aliphatic heterocycles. The molecule has 1 heterocycles. The van der Waals surface area contributed by atoms with Crippen LogP contribution in [0.3, 0.4) is 0 Å². The highest BCUT2D eigenvalue weighted by Crippen LogP contribution is 2.30. The molecule has 0 amide bonds. The molecule has 0 aliphatic carbocycles. The molecule has 0 saturated heterocycles. The average molecular weight is 434 g/mol. The molecule has 4 rings (SSSR count). The maximum Gasteiger partial charge on any atom is 0.161 e. The van der Waals surface area contributed by atoms with Crippen LogP contribution in [0.15, 0.2) is 60.7 Å². The van der Waals surface area contributed by atoms with Gasteiger partial charge < -0.3 is 14.5 Å². The Hall–Kier alpha value is -3.82. The highest BCUT2D eigenvalue weighted by atomic mass is 35.5. The van der Waals surface area contributed by atoms with Crippen molar-refractivity contribution in [2.24, 2.45) is 0 Å². The van der Waals surface area contributed by atoms with Gasteiger partial charge in [0.15, 0.2) is 11.5 Å². The summed E-state index contributed by atoms with van der Waals surface area (Å²) in [7, 11) is 1.55. The molecule has 0 bridgehead atoms. The van der Waals surface area contributed by atoms with Crippen LogP contribution < -0.4 is 9.47 Å². The van der Waals surface area contributed by atoms with Gasteiger partial charge in [-0.1, -0.05) is 29.8 Å². The number of methoxy groups -OCH3 is 1. The van der Waals surface area contributed by atoms with Crippen LogP contribution in [-0.4, -0.2) is 17.1 Å². The fraction of sp³-hybridized carbons (Fsp3) is 0.0833. The number of halogens is 2. The Morgan fingerprint density at radius 2 is 1.94 bits per heavy atom. The SMILES string of the molecule is COc1cc(/C=C(/C#N)c2nc3ccc(F)cc3[nH]2)ccc1OCc1ccc(Cl)cc1. The fourth-order valence-corrected chi connectivity index (χ4v) is 3.19. The van der Waals surface area contributed by atoms with Crippen molar-refractivity contribution in [1.29, 1.82) is 5.26 Å². The Kier molecular flexibility index (Phi) is 5.87. The van der Waals surface area contributed by atoms with Gasteiger partial charge in [0.1, 0.15) is 24.3 Å². The molecule has 1 aromatic heterocycles. The summed E-state index contributed by atoms with van der Waals surface area (Å²) >= 11 is 5.91. The molecule has 3 aromatic carbocycles. The van der Waals surface area contributed by atoms with Crippen LogP contribution >= 0.6 is 11.6 Å². The number of aromatic nitrogens is 2. The summed E-state index contributed by atoms with van der Waals surface area (Å²) in [5.74, 6) is 1.10. The number of fused-ring (bicyclic) bond motifs is 1. The number of hydrogen-bond acceptors (Lipinski definition) is 4. The van der Waals surface area contributed by atoms with Crippen molar-refractivity contribution in [2.45, 2.75) is 6.61 Å². The lowest BCUT2D eigenvalue weighted by atomic mass is 10.1. The first kappa shape index (κ1) is 20.5. The summed E-state index contributed by atoms with van der Waals surface area (Å²) in [5.41, 5.74) is 3.14. The van der Waals surface area contributed by atoms with Gasteiger partial charge >= 0.3 is 0 Å². The highest BCUT2D eigenvalue weighted by molar-refractivity contribution is 6.30. The van der Waals surface area contributed by atoms with Crippen molar-refractivity contribution in [3.05, 3.63) is 88.5 Å². The minimum absolute atomic E-state index is 0.313. The van der Waals surface area contributed by atoms with E-state index in [2.05, 4.69) is 16.0 Å². The topological polar surface area (TPSA) is 70.9 Å². The number of rotatable bonds is 6. The molecule has 31 heavy (non-hydrogen) atoms. The number of hydrogen-bond donors (Lipinski definition) is 1. The molecule has 7 heteroatoms. The van der Waals surface area contributed by atoms with Crippen molar-refractivity contribution < 1.29 is 13.9 Å². The van der Waals surface area contributed by atoms with Crippen molar-refractivity contribution in [3.63, 3.8) is 0 Å². The minimum atomic E-state index is -0.371. The molecule has 1 N–H and O–H groups in total. The van der Waals surface area contributed by atoms with E-state index in [4.69, 9.17) is 21.1 Å². The predicted molar refractivity (Wildman–Crippen MR) is 118 cm³/mol. The van der Waals surface area contributed by atoms with Gasteiger partial charge in [-0.05, 0) is 59.7 Å². The van der Waals surface area contributed by atoms with Crippen LogP contribution in [0, 0.1) is 17.1 Å². The molecule has 0 radical (unpaired) electrons. The van der Waals surface area contributed by atoms with Crippen LogP contribution in [0.2, 0.25) is 5.02 Å². The molecular formula is C24H17ClFN3O2. The van der Waals surface area contributed by atoms with E-state index in [-0.39, 0.29) is 5.82 Å². The summed E-state index contributed by atoms with van der Waals surface area (Å²) in [5, 5.41) is 10.3. The van der Waals surface area contributed by atoms with E-state index in [9.17, 15) is 9.65 Å². The van der Waals surface area contributed by atoms with E-state index in [1.807, 2.05) is 18.2 Å². The maximum absolute atomic E-state index is 13.4. The molecule has 4 aromatic rings. The van der Waals surface area contributed by atoms with Gasteiger partial charge in [0, 0.05) is 5.02 Å². The van der Waals surface area contributed by atoms with Crippen molar-refractivity contribution in [3.8, 4) is 17.6 Å². The van der Waals surface area contributed by atoms with Crippen molar-refractivity contribution >= 4 is 34.3 Å². The lowest BCUT2D eigenvalue weighted by Gasteiger charge is -2.11. The smallest absolute Gasteiger partial charge is 0.161 e. The Bertz CT molecular complexity index is 1310. The molecule has 0 saturated carbocycles. The Balaban J connectivity index is 1.58. The van der Waals surface area contributed by atoms with Gasteiger partial charge in [-0.2, -0.15) is 5.26 Å². The molecule has 0 atom stereocenters. The van der Waals surface area contributed by atoms with Crippen LogP contribution in [0.25, 0.3) is 22.7 Å². The first-order valence-electron chi connectivity index (χ1n) is 9.38. The Morgan fingerprint density at radius 3 is 2.68 bits per heavy atom. The number of benzene rings is 3. The van der Waals surface area contributed by atoms with Crippen LogP contribution in [0.5, 0.6) is 11.5 Å². The number of H-pyrrole nitrogens is 1. The number of nitriles is 1. The molecule has 0 fully saturated rings. The lowest BCUT2D eigenvalue weighted by molar-refractivity contribution is 0.284. The van der Waals surface area contributed by atoms with Crippen LogP contribution in [-0.2, 0) is 6.61 Å². The van der Waals surface area contributed by atoms with E-state index >= 15 is 0 Å². The van der Waals surface area contributed by atoms with E-state index in [0.29, 0.717) is 45.6 Å². The third kappa shape index (κ3) is 4.68. The first-order valence-corrected chi connectivity index (χ1v) is 9.76. The van der Waals surface area contributed by atoms with E-state index < -0.39 is 0 Å². The van der Waals surface area contributed by atoms with Gasteiger partial charge in [-0.25, -0.2) is 9.37 Å². The third-order valence-electron chi connectivity index (χ3n) is 4.63. The quantitative estimate of drug-likeness (QED) is 0.378. The van der Waals surface area contributed by atoms with E-state index in [0.717, 1.165) is 11.1 Å². The highest BCUT2D eigenvalue weighted by Gasteiger charge is 2.11. The lowest BCUT2D eigenvalue weighted by Crippen LogP contribution is -1.98. The summed E-state index contributed by atoms with van der Waals surface area (Å²) in [6.45, 7) is 0.363. The molecular weight excluding hydrogens is 417 g/mol. The van der Waals surface area contributed by atoms with Crippen LogP contribution in [0.4, 0.5) is 4.39 Å². The van der Waals surface area contributed by atoms with Gasteiger partial charge in [0.05, 0.1) is 23.7 Å². The summed E-state index contributed by atoms with van der Waals surface area (Å²) in [6.07, 6.45) is 1.68. The standard InChI is InChI=1S/C24H17ClFN3O2/c1-30-23-11-16(4-9-22(23)31-14-15-2-5-18(25)6-3-15)10-17(13-27)24-28-20-8-7-19(26)12-21(20)29-24/h2-12H,14H2,1H3,(H,28,29)/b17-10-. The second-order valence-electron chi connectivity index (χ2n) is 6.74. The van der Waals surface area contributed by atoms with E-state index in [1.54, 1.807) is 43.5 Å².